The van der Waals surface area contributed by atoms with Crippen LogP contribution in [0.1, 0.15) is 24.8 Å². The third-order valence-electron chi connectivity index (χ3n) is 4.09. The Balaban J connectivity index is 1.76. The number of nitrogens with one attached hydrogen (secondary N) is 2. The van der Waals surface area contributed by atoms with E-state index >= 15 is 0 Å². The normalized spacial score (nSPS) is 15.3. The molecule has 24 heavy (non-hydrogen) atoms. The molecule has 6 nitrogen and oxygen atoms in total. The van der Waals surface area contributed by atoms with Crippen LogP contribution in [0.5, 0.6) is 5.75 Å². The van der Waals surface area contributed by atoms with Crippen molar-refractivity contribution in [1.29, 1.82) is 0 Å². The van der Waals surface area contributed by atoms with Crippen LogP contribution in [0, 0.1) is 11.6 Å². The van der Waals surface area contributed by atoms with Gasteiger partial charge in [0.05, 0.1) is 25.0 Å². The van der Waals surface area contributed by atoms with Gasteiger partial charge >= 0.3 is 6.03 Å². The van der Waals surface area contributed by atoms with E-state index in [1.54, 1.807) is 0 Å². The smallest absolute Gasteiger partial charge is 0.322 e. The van der Waals surface area contributed by atoms with Gasteiger partial charge in [0.15, 0.2) is 5.75 Å². The lowest BCUT2D eigenvalue weighted by Gasteiger charge is -2.43. The van der Waals surface area contributed by atoms with Crippen LogP contribution in [-0.2, 0) is 5.54 Å². The third kappa shape index (κ3) is 2.99. The van der Waals surface area contributed by atoms with E-state index in [0.717, 1.165) is 6.42 Å². The molecule has 2 amide bonds. The van der Waals surface area contributed by atoms with Crippen molar-refractivity contribution in [2.75, 3.05) is 12.4 Å². The monoisotopic (exact) mass is 334 g/mol. The molecule has 0 saturated heterocycles. The number of hydrogen-bond acceptors (Lipinski definition) is 4. The SMILES string of the molecule is COc1cnc(NC(=O)NC2(c3c(F)cccc3F)CCC2)nc1. The van der Waals surface area contributed by atoms with Crippen LogP contribution < -0.4 is 15.4 Å². The number of carbonyl (C=O) groups is 1. The van der Waals surface area contributed by atoms with E-state index in [2.05, 4.69) is 20.6 Å². The first-order valence-corrected chi connectivity index (χ1v) is 7.44. The maximum absolute atomic E-state index is 14.1. The zero-order valence-electron chi connectivity index (χ0n) is 13.0. The summed E-state index contributed by atoms with van der Waals surface area (Å²) in [6.07, 6.45) is 4.49. The van der Waals surface area contributed by atoms with E-state index in [1.807, 2.05) is 0 Å². The average Bonchev–Trinajstić information content (AvgIpc) is 2.52. The lowest BCUT2D eigenvalue weighted by molar-refractivity contribution is 0.175. The molecule has 1 saturated carbocycles. The lowest BCUT2D eigenvalue weighted by atomic mass is 9.71. The molecule has 8 heteroatoms. The molecule has 1 fully saturated rings. The summed E-state index contributed by atoms with van der Waals surface area (Å²) >= 11 is 0. The first kappa shape index (κ1) is 16.1. The van der Waals surface area contributed by atoms with Crippen LogP contribution in [-0.4, -0.2) is 23.1 Å². The second kappa shape index (κ2) is 6.38. The van der Waals surface area contributed by atoms with Crippen molar-refractivity contribution in [2.45, 2.75) is 24.8 Å². The van der Waals surface area contributed by atoms with Gasteiger partial charge in [0.25, 0.3) is 0 Å². The number of carbonyl (C=O) groups excluding carboxylic acids is 1. The van der Waals surface area contributed by atoms with Crippen molar-refractivity contribution in [3.8, 4) is 5.75 Å². The summed E-state index contributed by atoms with van der Waals surface area (Å²) in [5.74, 6) is -0.826. The fourth-order valence-electron chi connectivity index (χ4n) is 2.76. The molecular weight excluding hydrogens is 318 g/mol. The molecule has 0 spiro atoms. The van der Waals surface area contributed by atoms with E-state index in [9.17, 15) is 13.6 Å². The standard InChI is InChI=1S/C16H16F2N4O2/c1-24-10-8-19-14(20-9-10)21-15(23)22-16(6-3-7-16)13-11(17)4-2-5-12(13)18/h2,4-5,8-9H,3,6-7H2,1H3,(H2,19,20,21,22,23). The van der Waals surface area contributed by atoms with Crippen molar-refractivity contribution in [1.82, 2.24) is 15.3 Å². The Labute approximate surface area is 137 Å². The number of ether oxygens (including phenoxy) is 1. The van der Waals surface area contributed by atoms with E-state index in [1.165, 1.54) is 37.7 Å². The van der Waals surface area contributed by atoms with E-state index in [0.29, 0.717) is 18.6 Å². The van der Waals surface area contributed by atoms with Crippen LogP contribution in [0.3, 0.4) is 0 Å². The number of benzene rings is 1. The van der Waals surface area contributed by atoms with Crippen LogP contribution in [0.2, 0.25) is 0 Å². The van der Waals surface area contributed by atoms with Crippen molar-refractivity contribution in [3.05, 3.63) is 47.8 Å². The molecule has 1 aromatic carbocycles. The van der Waals surface area contributed by atoms with Gasteiger partial charge in [-0.25, -0.2) is 23.5 Å². The summed E-state index contributed by atoms with van der Waals surface area (Å²) in [6, 6.07) is 3.05. The molecule has 0 unspecified atom stereocenters. The summed E-state index contributed by atoms with van der Waals surface area (Å²) in [6.45, 7) is 0. The number of amides is 2. The Bertz CT molecular complexity index is 728. The summed E-state index contributed by atoms with van der Waals surface area (Å²) in [4.78, 5) is 20.0. The van der Waals surface area contributed by atoms with Crippen molar-refractivity contribution in [2.24, 2.45) is 0 Å². The van der Waals surface area contributed by atoms with Gasteiger partial charge in [-0.3, -0.25) is 5.32 Å². The molecule has 0 aliphatic heterocycles. The predicted octanol–water partition coefficient (Wildman–Crippen LogP) is 2.96. The van der Waals surface area contributed by atoms with Gasteiger partial charge in [0, 0.05) is 5.56 Å². The van der Waals surface area contributed by atoms with Gasteiger partial charge < -0.3 is 10.1 Å². The van der Waals surface area contributed by atoms with E-state index in [-0.39, 0.29) is 11.5 Å². The summed E-state index contributed by atoms with van der Waals surface area (Å²) in [5.41, 5.74) is -1.16. The molecule has 1 heterocycles. The Morgan fingerprint density at radius 2 is 1.83 bits per heavy atom. The summed E-state index contributed by atoms with van der Waals surface area (Å²) < 4.78 is 33.1. The first-order chi connectivity index (χ1) is 11.5. The molecule has 126 valence electrons. The van der Waals surface area contributed by atoms with Gasteiger partial charge in [-0.15, -0.1) is 0 Å². The minimum Gasteiger partial charge on any atom is -0.494 e. The fraction of sp³-hybridized carbons (Fsp3) is 0.312. The number of aromatic nitrogens is 2. The van der Waals surface area contributed by atoms with Crippen molar-refractivity contribution >= 4 is 12.0 Å². The third-order valence-corrected chi connectivity index (χ3v) is 4.09. The first-order valence-electron chi connectivity index (χ1n) is 7.44. The lowest BCUT2D eigenvalue weighted by Crippen LogP contribution is -2.53. The second-order valence-electron chi connectivity index (χ2n) is 5.56. The topological polar surface area (TPSA) is 76.1 Å². The number of urea groups is 1. The highest BCUT2D eigenvalue weighted by Gasteiger charge is 2.44. The molecule has 0 radical (unpaired) electrons. The highest BCUT2D eigenvalue weighted by molar-refractivity contribution is 5.88. The van der Waals surface area contributed by atoms with Crippen molar-refractivity contribution in [3.63, 3.8) is 0 Å². The van der Waals surface area contributed by atoms with E-state index in [4.69, 9.17) is 4.74 Å². The fourth-order valence-corrected chi connectivity index (χ4v) is 2.76. The average molecular weight is 334 g/mol. The maximum atomic E-state index is 14.1. The van der Waals surface area contributed by atoms with Crippen LogP contribution in [0.15, 0.2) is 30.6 Å². The highest BCUT2D eigenvalue weighted by Crippen LogP contribution is 2.43. The molecule has 1 aromatic heterocycles. The molecule has 2 aromatic rings. The summed E-state index contributed by atoms with van der Waals surface area (Å²) in [7, 11) is 1.47. The highest BCUT2D eigenvalue weighted by atomic mass is 19.1. The largest absolute Gasteiger partial charge is 0.494 e. The minimum atomic E-state index is -1.05. The molecule has 1 aliphatic rings. The number of hydrogen-bond donors (Lipinski definition) is 2. The quantitative estimate of drug-likeness (QED) is 0.901. The number of rotatable bonds is 4. The van der Waals surface area contributed by atoms with Gasteiger partial charge in [0.2, 0.25) is 5.95 Å². The van der Waals surface area contributed by atoms with Crippen LogP contribution in [0.4, 0.5) is 19.5 Å². The Kier molecular flexibility index (Phi) is 4.28. The minimum absolute atomic E-state index is 0.0665. The van der Waals surface area contributed by atoms with Gasteiger partial charge in [-0.1, -0.05) is 6.07 Å². The molecule has 1 aliphatic carbocycles. The van der Waals surface area contributed by atoms with Crippen LogP contribution >= 0.6 is 0 Å². The molecule has 0 atom stereocenters. The van der Waals surface area contributed by atoms with Crippen molar-refractivity contribution < 1.29 is 18.3 Å². The maximum Gasteiger partial charge on any atom is 0.322 e. The predicted molar refractivity (Wildman–Crippen MR) is 82.6 cm³/mol. The second-order valence-corrected chi connectivity index (χ2v) is 5.56. The molecule has 2 N–H and O–H groups in total. The molecule has 0 bridgehead atoms. The zero-order valence-corrected chi connectivity index (χ0v) is 13.0. The van der Waals surface area contributed by atoms with Gasteiger partial charge in [-0.05, 0) is 31.4 Å². The van der Waals surface area contributed by atoms with Gasteiger partial charge in [0.1, 0.15) is 11.6 Å². The number of methoxy groups -OCH3 is 1. The summed E-state index contributed by atoms with van der Waals surface area (Å²) in [5, 5.41) is 5.12. The van der Waals surface area contributed by atoms with E-state index < -0.39 is 23.2 Å². The Morgan fingerprint density at radius 3 is 2.33 bits per heavy atom. The van der Waals surface area contributed by atoms with Crippen LogP contribution in [0.25, 0.3) is 0 Å². The molecule has 3 rings (SSSR count). The number of nitrogens with zero attached hydrogens (tertiary/aromatic N) is 2. The Hall–Kier alpha value is -2.77. The number of halogens is 2. The van der Waals surface area contributed by atoms with Gasteiger partial charge in [-0.2, -0.15) is 0 Å². The Morgan fingerprint density at radius 1 is 1.21 bits per heavy atom. The number of anilines is 1. The zero-order chi connectivity index (χ0) is 17.2. The molecular formula is C16H16F2N4O2.